The van der Waals surface area contributed by atoms with E-state index in [-0.39, 0.29) is 5.95 Å². The van der Waals surface area contributed by atoms with Crippen LogP contribution in [-0.2, 0) is 0 Å². The fourth-order valence-corrected chi connectivity index (χ4v) is 1.23. The lowest BCUT2D eigenvalue weighted by atomic mass is 10.3. The molecule has 82 valence electrons. The molecule has 0 bridgehead atoms. The van der Waals surface area contributed by atoms with Gasteiger partial charge in [0.1, 0.15) is 0 Å². The van der Waals surface area contributed by atoms with Gasteiger partial charge in [-0.25, -0.2) is 0 Å². The normalized spacial score (nSPS) is 10.1. The molecule has 0 unspecified atom stereocenters. The Morgan fingerprint density at radius 1 is 0.938 bits per heavy atom. The number of aromatic hydroxyl groups is 2. The molecule has 0 fully saturated rings. The van der Waals surface area contributed by atoms with Crippen molar-refractivity contribution in [1.29, 1.82) is 0 Å². The van der Waals surface area contributed by atoms with Crippen LogP contribution in [0.4, 0.5) is 11.6 Å². The first-order chi connectivity index (χ1) is 7.63. The van der Waals surface area contributed by atoms with Crippen LogP contribution in [0.15, 0.2) is 29.2 Å². The van der Waals surface area contributed by atoms with Crippen LogP contribution in [-0.4, -0.2) is 25.2 Å². The Kier molecular flexibility index (Phi) is 2.78. The SMILES string of the molecule is Oc1nc(O)nc(Nc2ccc(S)cc2)n1. The minimum absolute atomic E-state index is 0.0666. The molecule has 1 heterocycles. The summed E-state index contributed by atoms with van der Waals surface area (Å²) in [4.78, 5) is 11.2. The van der Waals surface area contributed by atoms with Gasteiger partial charge in [0.05, 0.1) is 0 Å². The lowest BCUT2D eigenvalue weighted by molar-refractivity contribution is 0.384. The third kappa shape index (κ3) is 2.51. The Morgan fingerprint density at radius 3 is 2.06 bits per heavy atom. The van der Waals surface area contributed by atoms with E-state index in [1.807, 2.05) is 0 Å². The molecular weight excluding hydrogens is 228 g/mol. The van der Waals surface area contributed by atoms with Gasteiger partial charge in [-0.15, -0.1) is 17.6 Å². The number of nitrogens with zero attached hydrogens (tertiary/aromatic N) is 3. The third-order valence-electron chi connectivity index (χ3n) is 1.74. The predicted octanol–water partition coefficient (Wildman–Crippen LogP) is 1.32. The summed E-state index contributed by atoms with van der Waals surface area (Å²) in [6.07, 6.45) is 0. The van der Waals surface area contributed by atoms with Gasteiger partial charge in [0.2, 0.25) is 5.95 Å². The van der Waals surface area contributed by atoms with Gasteiger partial charge in [-0.1, -0.05) is 0 Å². The van der Waals surface area contributed by atoms with E-state index >= 15 is 0 Å². The van der Waals surface area contributed by atoms with Crippen molar-refractivity contribution in [1.82, 2.24) is 15.0 Å². The molecule has 3 N–H and O–H groups in total. The maximum atomic E-state index is 9.04. The number of benzene rings is 1. The van der Waals surface area contributed by atoms with Gasteiger partial charge in [-0.2, -0.15) is 9.97 Å². The van der Waals surface area contributed by atoms with E-state index < -0.39 is 12.0 Å². The second-order valence-electron chi connectivity index (χ2n) is 2.93. The highest BCUT2D eigenvalue weighted by atomic mass is 32.1. The number of anilines is 2. The van der Waals surface area contributed by atoms with Crippen LogP contribution in [0.25, 0.3) is 0 Å². The molecular formula is C9H8N4O2S. The fraction of sp³-hybridized carbons (Fsp3) is 0. The van der Waals surface area contributed by atoms with Crippen LogP contribution in [0.1, 0.15) is 0 Å². The first-order valence-electron chi connectivity index (χ1n) is 4.33. The van der Waals surface area contributed by atoms with Crippen molar-refractivity contribution in [2.75, 3.05) is 5.32 Å². The smallest absolute Gasteiger partial charge is 0.321 e. The van der Waals surface area contributed by atoms with Gasteiger partial charge in [-0.05, 0) is 24.3 Å². The number of hydrogen-bond acceptors (Lipinski definition) is 7. The summed E-state index contributed by atoms with van der Waals surface area (Å²) in [6, 6.07) is 6.01. The lowest BCUT2D eigenvalue weighted by Crippen LogP contribution is -1.98. The van der Waals surface area contributed by atoms with Crippen LogP contribution in [0.5, 0.6) is 12.0 Å². The van der Waals surface area contributed by atoms with E-state index in [4.69, 9.17) is 10.2 Å². The quantitative estimate of drug-likeness (QED) is 0.588. The van der Waals surface area contributed by atoms with Crippen LogP contribution in [0, 0.1) is 0 Å². The lowest BCUT2D eigenvalue weighted by Gasteiger charge is -2.04. The van der Waals surface area contributed by atoms with Crippen molar-refractivity contribution in [3.63, 3.8) is 0 Å². The molecule has 0 aliphatic heterocycles. The molecule has 16 heavy (non-hydrogen) atoms. The first-order valence-corrected chi connectivity index (χ1v) is 4.78. The van der Waals surface area contributed by atoms with E-state index in [2.05, 4.69) is 32.9 Å². The van der Waals surface area contributed by atoms with Crippen molar-refractivity contribution in [3.8, 4) is 12.0 Å². The van der Waals surface area contributed by atoms with Gasteiger partial charge >= 0.3 is 12.0 Å². The largest absolute Gasteiger partial charge is 0.479 e. The summed E-state index contributed by atoms with van der Waals surface area (Å²) in [6.45, 7) is 0. The molecule has 0 aliphatic carbocycles. The standard InChI is InChI=1S/C9H8N4O2S/c14-8-11-7(12-9(15)13-8)10-5-1-3-6(16)4-2-5/h1-4,16H,(H3,10,11,12,13,14,15). The van der Waals surface area contributed by atoms with Crippen molar-refractivity contribution in [3.05, 3.63) is 24.3 Å². The van der Waals surface area contributed by atoms with Crippen molar-refractivity contribution in [2.24, 2.45) is 0 Å². The summed E-state index contributed by atoms with van der Waals surface area (Å²) in [7, 11) is 0. The van der Waals surface area contributed by atoms with Gasteiger partial charge in [0.15, 0.2) is 0 Å². The molecule has 0 amide bonds. The summed E-state index contributed by atoms with van der Waals surface area (Å²) in [5.74, 6) is 0.0666. The van der Waals surface area contributed by atoms with E-state index in [1.54, 1.807) is 24.3 Å². The molecule has 1 aromatic carbocycles. The zero-order valence-corrected chi connectivity index (χ0v) is 8.89. The Labute approximate surface area is 96.4 Å². The molecule has 0 saturated carbocycles. The van der Waals surface area contributed by atoms with E-state index in [9.17, 15) is 0 Å². The van der Waals surface area contributed by atoms with Crippen LogP contribution in [0.2, 0.25) is 0 Å². The number of nitrogens with one attached hydrogen (secondary N) is 1. The maximum Gasteiger partial charge on any atom is 0.321 e. The van der Waals surface area contributed by atoms with Crippen LogP contribution < -0.4 is 5.32 Å². The summed E-state index contributed by atoms with van der Waals surface area (Å²) in [5.41, 5.74) is 0.711. The number of hydrogen-bond donors (Lipinski definition) is 4. The summed E-state index contributed by atoms with van der Waals surface area (Å²) < 4.78 is 0. The summed E-state index contributed by atoms with van der Waals surface area (Å²) >= 11 is 4.14. The molecule has 7 heteroatoms. The minimum atomic E-state index is -0.541. The van der Waals surface area contributed by atoms with Crippen LogP contribution in [0.3, 0.4) is 0 Å². The molecule has 2 aromatic rings. The Balaban J connectivity index is 2.23. The molecule has 0 saturated heterocycles. The maximum absolute atomic E-state index is 9.04. The second-order valence-corrected chi connectivity index (χ2v) is 3.45. The molecule has 6 nitrogen and oxygen atoms in total. The van der Waals surface area contributed by atoms with E-state index in [1.165, 1.54) is 0 Å². The first kappa shape index (κ1) is 10.5. The minimum Gasteiger partial charge on any atom is -0.479 e. The van der Waals surface area contributed by atoms with Crippen molar-refractivity contribution < 1.29 is 10.2 Å². The Morgan fingerprint density at radius 2 is 1.50 bits per heavy atom. The monoisotopic (exact) mass is 236 g/mol. The highest BCUT2D eigenvalue weighted by molar-refractivity contribution is 7.80. The van der Waals surface area contributed by atoms with Gasteiger partial charge in [-0.3, -0.25) is 0 Å². The number of aromatic nitrogens is 3. The van der Waals surface area contributed by atoms with E-state index in [0.29, 0.717) is 5.69 Å². The number of rotatable bonds is 2. The number of thiol groups is 1. The van der Waals surface area contributed by atoms with Gasteiger partial charge < -0.3 is 15.5 Å². The van der Waals surface area contributed by atoms with E-state index in [0.717, 1.165) is 4.90 Å². The highest BCUT2D eigenvalue weighted by Crippen LogP contribution is 2.17. The Bertz CT molecular complexity index is 483. The molecule has 0 aliphatic rings. The fourth-order valence-electron chi connectivity index (χ4n) is 1.08. The summed E-state index contributed by atoms with van der Waals surface area (Å²) in [5, 5.41) is 20.9. The third-order valence-corrected chi connectivity index (χ3v) is 2.03. The predicted molar refractivity (Wildman–Crippen MR) is 60.1 cm³/mol. The zero-order valence-electron chi connectivity index (χ0n) is 7.99. The van der Waals surface area contributed by atoms with Gasteiger partial charge in [0.25, 0.3) is 0 Å². The molecule has 1 aromatic heterocycles. The zero-order chi connectivity index (χ0) is 11.5. The molecule has 2 rings (SSSR count). The highest BCUT2D eigenvalue weighted by Gasteiger charge is 2.03. The average molecular weight is 236 g/mol. The topological polar surface area (TPSA) is 91.2 Å². The van der Waals surface area contributed by atoms with Crippen LogP contribution >= 0.6 is 12.6 Å². The molecule has 0 atom stereocenters. The second kappa shape index (κ2) is 4.23. The van der Waals surface area contributed by atoms with Crippen molar-refractivity contribution in [2.45, 2.75) is 4.90 Å². The molecule has 0 radical (unpaired) electrons. The average Bonchev–Trinajstić information content (AvgIpc) is 2.20. The molecule has 0 spiro atoms. The Hall–Kier alpha value is -2.02. The van der Waals surface area contributed by atoms with Gasteiger partial charge in [0, 0.05) is 10.6 Å². The van der Waals surface area contributed by atoms with Crippen molar-refractivity contribution >= 4 is 24.3 Å².